The van der Waals surface area contributed by atoms with Gasteiger partial charge in [0.15, 0.2) is 0 Å². The lowest BCUT2D eigenvalue weighted by atomic mass is 9.96. The van der Waals surface area contributed by atoms with Gasteiger partial charge in [-0.15, -0.1) is 6.58 Å². The van der Waals surface area contributed by atoms with Crippen LogP contribution in [0.3, 0.4) is 0 Å². The van der Waals surface area contributed by atoms with Gasteiger partial charge in [-0.1, -0.05) is 62.4 Å². The molecule has 1 saturated heterocycles. The Hall–Kier alpha value is -3.88. The Kier molecular flexibility index (Phi) is 9.65. The van der Waals surface area contributed by atoms with Gasteiger partial charge < -0.3 is 26.4 Å². The maximum atomic E-state index is 13.3. The predicted molar refractivity (Wildman–Crippen MR) is 142 cm³/mol. The first-order chi connectivity index (χ1) is 17.7. The molecule has 3 rings (SSSR count). The molecule has 1 heterocycles. The molecular weight excluding hydrogens is 472 g/mol. The fourth-order valence-corrected chi connectivity index (χ4v) is 4.70. The van der Waals surface area contributed by atoms with Crippen LogP contribution in [-0.2, 0) is 20.8 Å². The van der Waals surface area contributed by atoms with Crippen molar-refractivity contribution in [2.45, 2.75) is 57.7 Å². The maximum Gasteiger partial charge on any atom is 0.405 e. The predicted octanol–water partition coefficient (Wildman–Crippen LogP) is 2.75. The molecule has 37 heavy (non-hydrogen) atoms. The normalized spacial score (nSPS) is 17.5. The van der Waals surface area contributed by atoms with Crippen LogP contribution in [0, 0.1) is 11.8 Å². The maximum absolute atomic E-state index is 13.3. The molecule has 198 valence electrons. The molecule has 2 aromatic rings. The zero-order chi connectivity index (χ0) is 26.9. The molecule has 2 aromatic carbocycles. The standard InChI is InChI=1S/C28H36N4O5/c1-4-21(15-20-12-13-29-25(20)33)30-26(34)23(14-17(2)3)31-27(35)24(32-28(36)37)16-19-10-7-9-18-8-5-6-11-22(18)19/h4-11,17,20-21,23-24,32H,1,12-16H2,2-3H3,(H,29,33)(H,30,34)(H,31,35)(H,36,37)/t20-,21+,23-,24-/m0/s1. The molecule has 9 heteroatoms. The summed E-state index contributed by atoms with van der Waals surface area (Å²) in [6, 6.07) is 10.9. The van der Waals surface area contributed by atoms with Crippen molar-refractivity contribution in [2.75, 3.05) is 6.54 Å². The van der Waals surface area contributed by atoms with E-state index in [1.807, 2.05) is 56.3 Å². The second kappa shape index (κ2) is 12.9. The number of carboxylic acid groups (broad SMARTS) is 1. The van der Waals surface area contributed by atoms with E-state index in [1.54, 1.807) is 6.08 Å². The van der Waals surface area contributed by atoms with E-state index < -0.39 is 36.0 Å². The summed E-state index contributed by atoms with van der Waals surface area (Å²) in [5, 5.41) is 22.1. The smallest absolute Gasteiger partial charge is 0.405 e. The van der Waals surface area contributed by atoms with E-state index in [9.17, 15) is 24.3 Å². The minimum absolute atomic E-state index is 0.0378. The third-order valence-corrected chi connectivity index (χ3v) is 6.57. The van der Waals surface area contributed by atoms with Crippen molar-refractivity contribution in [1.29, 1.82) is 0 Å². The molecule has 0 unspecified atom stereocenters. The van der Waals surface area contributed by atoms with Crippen LogP contribution in [0.5, 0.6) is 0 Å². The Bertz CT molecular complexity index is 1140. The van der Waals surface area contributed by atoms with Crippen molar-refractivity contribution in [3.63, 3.8) is 0 Å². The molecule has 9 nitrogen and oxygen atoms in total. The third kappa shape index (κ3) is 7.80. The molecule has 4 amide bonds. The summed E-state index contributed by atoms with van der Waals surface area (Å²) in [6.07, 6.45) is 1.87. The topological polar surface area (TPSA) is 137 Å². The lowest BCUT2D eigenvalue weighted by Gasteiger charge is -2.26. The van der Waals surface area contributed by atoms with E-state index in [2.05, 4.69) is 27.8 Å². The van der Waals surface area contributed by atoms with Crippen molar-refractivity contribution in [1.82, 2.24) is 21.3 Å². The number of benzene rings is 2. The Morgan fingerprint density at radius 3 is 2.41 bits per heavy atom. The van der Waals surface area contributed by atoms with Crippen molar-refractivity contribution < 1.29 is 24.3 Å². The fourth-order valence-electron chi connectivity index (χ4n) is 4.70. The average molecular weight is 509 g/mol. The van der Waals surface area contributed by atoms with E-state index in [0.29, 0.717) is 25.8 Å². The molecular formula is C28H36N4O5. The number of carbonyl (C=O) groups excluding carboxylic acids is 3. The lowest BCUT2D eigenvalue weighted by molar-refractivity contribution is -0.130. The minimum atomic E-state index is -1.33. The molecule has 0 bridgehead atoms. The molecule has 0 radical (unpaired) electrons. The zero-order valence-corrected chi connectivity index (χ0v) is 21.3. The van der Waals surface area contributed by atoms with Crippen LogP contribution in [-0.4, -0.2) is 53.6 Å². The quantitative estimate of drug-likeness (QED) is 0.281. The van der Waals surface area contributed by atoms with Gasteiger partial charge in [0.25, 0.3) is 0 Å². The summed E-state index contributed by atoms with van der Waals surface area (Å²) >= 11 is 0. The molecule has 1 aliphatic rings. The number of hydrogen-bond acceptors (Lipinski definition) is 4. The fraction of sp³-hybridized carbons (Fsp3) is 0.429. The van der Waals surface area contributed by atoms with Crippen molar-refractivity contribution in [3.8, 4) is 0 Å². The van der Waals surface area contributed by atoms with Crippen LogP contribution < -0.4 is 21.3 Å². The van der Waals surface area contributed by atoms with Crippen LogP contribution in [0.15, 0.2) is 55.1 Å². The first-order valence-corrected chi connectivity index (χ1v) is 12.6. The van der Waals surface area contributed by atoms with E-state index >= 15 is 0 Å². The van der Waals surface area contributed by atoms with Gasteiger partial charge in [0, 0.05) is 24.9 Å². The van der Waals surface area contributed by atoms with Gasteiger partial charge in [0.05, 0.1) is 0 Å². The first-order valence-electron chi connectivity index (χ1n) is 12.6. The Balaban J connectivity index is 1.74. The number of amides is 4. The van der Waals surface area contributed by atoms with Crippen molar-refractivity contribution in [2.24, 2.45) is 11.8 Å². The highest BCUT2D eigenvalue weighted by atomic mass is 16.4. The van der Waals surface area contributed by atoms with Gasteiger partial charge in [-0.3, -0.25) is 14.4 Å². The van der Waals surface area contributed by atoms with Gasteiger partial charge in [-0.2, -0.15) is 0 Å². The summed E-state index contributed by atoms with van der Waals surface area (Å²) in [6.45, 7) is 8.27. The van der Waals surface area contributed by atoms with E-state index in [4.69, 9.17) is 0 Å². The summed E-state index contributed by atoms with van der Waals surface area (Å²) in [5.74, 6) is -1.13. The summed E-state index contributed by atoms with van der Waals surface area (Å²) < 4.78 is 0. The van der Waals surface area contributed by atoms with E-state index in [0.717, 1.165) is 16.3 Å². The van der Waals surface area contributed by atoms with Gasteiger partial charge in [0.2, 0.25) is 17.7 Å². The number of nitrogens with one attached hydrogen (secondary N) is 4. The molecule has 0 aliphatic carbocycles. The van der Waals surface area contributed by atoms with Crippen LogP contribution in [0.4, 0.5) is 4.79 Å². The molecule has 1 fully saturated rings. The Morgan fingerprint density at radius 1 is 1.05 bits per heavy atom. The van der Waals surface area contributed by atoms with Crippen molar-refractivity contribution >= 4 is 34.6 Å². The second-order valence-corrected chi connectivity index (χ2v) is 9.90. The summed E-state index contributed by atoms with van der Waals surface area (Å²) in [7, 11) is 0. The van der Waals surface area contributed by atoms with Crippen LogP contribution >= 0.6 is 0 Å². The second-order valence-electron chi connectivity index (χ2n) is 9.90. The Morgan fingerprint density at radius 2 is 1.76 bits per heavy atom. The van der Waals surface area contributed by atoms with Crippen LogP contribution in [0.1, 0.15) is 38.7 Å². The van der Waals surface area contributed by atoms with E-state index in [-0.39, 0.29) is 24.2 Å². The summed E-state index contributed by atoms with van der Waals surface area (Å²) in [5.41, 5.74) is 0.818. The highest BCUT2D eigenvalue weighted by Gasteiger charge is 2.31. The molecule has 0 saturated carbocycles. The molecule has 1 aliphatic heterocycles. The number of carbonyl (C=O) groups is 4. The molecule has 0 spiro atoms. The molecule has 4 atom stereocenters. The van der Waals surface area contributed by atoms with Gasteiger partial charge in [-0.25, -0.2) is 4.79 Å². The molecule has 0 aromatic heterocycles. The largest absolute Gasteiger partial charge is 0.465 e. The highest BCUT2D eigenvalue weighted by Crippen LogP contribution is 2.20. The first kappa shape index (κ1) is 27.7. The lowest BCUT2D eigenvalue weighted by Crippen LogP contribution is -2.55. The highest BCUT2D eigenvalue weighted by molar-refractivity contribution is 5.92. The third-order valence-electron chi connectivity index (χ3n) is 6.57. The van der Waals surface area contributed by atoms with Crippen LogP contribution in [0.2, 0.25) is 0 Å². The molecule has 5 N–H and O–H groups in total. The number of rotatable bonds is 12. The van der Waals surface area contributed by atoms with E-state index in [1.165, 1.54) is 0 Å². The summed E-state index contributed by atoms with van der Waals surface area (Å²) in [4.78, 5) is 50.0. The van der Waals surface area contributed by atoms with Crippen LogP contribution in [0.25, 0.3) is 10.8 Å². The van der Waals surface area contributed by atoms with Crippen molar-refractivity contribution in [3.05, 3.63) is 60.7 Å². The Labute approximate surface area is 217 Å². The SMILES string of the molecule is C=C[C@H](C[C@@H]1CCNC1=O)NC(=O)[C@H](CC(C)C)NC(=O)[C@H](Cc1cccc2ccccc12)NC(=O)O. The van der Waals surface area contributed by atoms with Gasteiger partial charge >= 0.3 is 6.09 Å². The van der Waals surface area contributed by atoms with Gasteiger partial charge in [-0.05, 0) is 41.5 Å². The monoisotopic (exact) mass is 508 g/mol. The van der Waals surface area contributed by atoms with Gasteiger partial charge in [0.1, 0.15) is 12.1 Å². The average Bonchev–Trinajstić information content (AvgIpc) is 3.26. The number of fused-ring (bicyclic) bond motifs is 1. The zero-order valence-electron chi connectivity index (χ0n) is 21.3. The number of hydrogen-bond donors (Lipinski definition) is 5. The minimum Gasteiger partial charge on any atom is -0.465 e.